The van der Waals surface area contributed by atoms with Gasteiger partial charge in [-0.1, -0.05) is 193 Å². The van der Waals surface area contributed by atoms with Crippen molar-refractivity contribution in [2.75, 3.05) is 13.2 Å². The first-order valence-electron chi connectivity index (χ1n) is 22.4. The fourth-order valence-electron chi connectivity index (χ4n) is 7.21. The van der Waals surface area contributed by atoms with Crippen LogP contribution in [0.25, 0.3) is 0 Å². The number of ether oxygens (including phenoxy) is 2. The highest BCUT2D eigenvalue weighted by molar-refractivity contribution is 5.76. The third-order valence-corrected chi connectivity index (χ3v) is 10.9. The number of aliphatic hydroxyl groups is 5. The smallest absolute Gasteiger partial charge is 0.220 e. The lowest BCUT2D eigenvalue weighted by Gasteiger charge is -2.40. The van der Waals surface area contributed by atoms with Crippen LogP contribution in [0.15, 0.2) is 12.2 Å². The van der Waals surface area contributed by atoms with Crippen molar-refractivity contribution >= 4 is 5.91 Å². The molecule has 0 bridgehead atoms. The summed E-state index contributed by atoms with van der Waals surface area (Å²) >= 11 is 0. The van der Waals surface area contributed by atoms with Gasteiger partial charge in [-0.15, -0.1) is 0 Å². The van der Waals surface area contributed by atoms with Gasteiger partial charge in [-0.25, -0.2) is 0 Å². The van der Waals surface area contributed by atoms with Gasteiger partial charge in [0.25, 0.3) is 0 Å². The van der Waals surface area contributed by atoms with Crippen molar-refractivity contribution in [1.82, 2.24) is 5.32 Å². The summed E-state index contributed by atoms with van der Waals surface area (Å²) in [5.74, 6) is -0.175. The molecular formula is C44H85NO8. The summed E-state index contributed by atoms with van der Waals surface area (Å²) in [6.07, 6.45) is 32.5. The molecule has 314 valence electrons. The monoisotopic (exact) mass is 756 g/mol. The van der Waals surface area contributed by atoms with Crippen molar-refractivity contribution in [1.29, 1.82) is 0 Å². The SMILES string of the molecule is CCCCCCCCCCCCC/C=C/[C@@H](O)[C@H](CO[C@H]1O[C@@H](CO)[C@H](O)C(O)C1O)NC(=O)CCCCCCCCCCCCCCCCCCC. The Morgan fingerprint density at radius 3 is 1.47 bits per heavy atom. The third-order valence-electron chi connectivity index (χ3n) is 10.9. The highest BCUT2D eigenvalue weighted by Crippen LogP contribution is 2.23. The Bertz CT molecular complexity index is 842. The van der Waals surface area contributed by atoms with Gasteiger partial charge in [0.15, 0.2) is 6.29 Å². The van der Waals surface area contributed by atoms with E-state index in [2.05, 4.69) is 19.2 Å². The first kappa shape index (κ1) is 49.9. The Hall–Kier alpha value is -1.07. The van der Waals surface area contributed by atoms with E-state index in [9.17, 15) is 30.3 Å². The molecule has 1 heterocycles. The number of allylic oxidation sites excluding steroid dienone is 1. The maximum atomic E-state index is 12.9. The van der Waals surface area contributed by atoms with E-state index in [1.54, 1.807) is 6.08 Å². The number of carbonyl (C=O) groups is 1. The Kier molecular flexibility index (Phi) is 33.3. The molecule has 0 spiro atoms. The summed E-state index contributed by atoms with van der Waals surface area (Å²) in [4.78, 5) is 12.9. The highest BCUT2D eigenvalue weighted by atomic mass is 16.7. The van der Waals surface area contributed by atoms with Crippen LogP contribution >= 0.6 is 0 Å². The molecular weight excluding hydrogens is 670 g/mol. The Balaban J connectivity index is 2.35. The molecule has 0 radical (unpaired) electrons. The molecule has 1 rings (SSSR count). The van der Waals surface area contributed by atoms with Crippen LogP contribution in [0.5, 0.6) is 0 Å². The zero-order valence-corrected chi connectivity index (χ0v) is 34.3. The number of carbonyl (C=O) groups excluding carboxylic acids is 1. The van der Waals surface area contributed by atoms with Crippen LogP contribution in [-0.2, 0) is 14.3 Å². The summed E-state index contributed by atoms with van der Waals surface area (Å²) in [6.45, 7) is 3.77. The predicted octanol–water partition coefficient (Wildman–Crippen LogP) is 8.95. The second kappa shape index (κ2) is 35.4. The van der Waals surface area contributed by atoms with Gasteiger partial charge < -0.3 is 40.3 Å². The lowest BCUT2D eigenvalue weighted by molar-refractivity contribution is -0.302. The van der Waals surface area contributed by atoms with Crippen LogP contribution in [-0.4, -0.2) is 87.5 Å². The van der Waals surface area contributed by atoms with Gasteiger partial charge in [-0.3, -0.25) is 4.79 Å². The van der Waals surface area contributed by atoms with Gasteiger partial charge in [0.1, 0.15) is 24.4 Å². The first-order valence-corrected chi connectivity index (χ1v) is 22.4. The molecule has 9 heteroatoms. The van der Waals surface area contributed by atoms with Crippen molar-refractivity contribution in [3.8, 4) is 0 Å². The van der Waals surface area contributed by atoms with Crippen LogP contribution in [0.3, 0.4) is 0 Å². The minimum absolute atomic E-state index is 0.175. The minimum Gasteiger partial charge on any atom is -0.394 e. The van der Waals surface area contributed by atoms with Crippen LogP contribution in [0.2, 0.25) is 0 Å². The minimum atomic E-state index is -1.56. The topological polar surface area (TPSA) is 149 Å². The normalized spacial score (nSPS) is 21.7. The quantitative estimate of drug-likeness (QED) is 0.0272. The zero-order valence-electron chi connectivity index (χ0n) is 34.3. The van der Waals surface area contributed by atoms with Crippen LogP contribution < -0.4 is 5.32 Å². The van der Waals surface area contributed by atoms with Crippen LogP contribution in [0.4, 0.5) is 0 Å². The number of nitrogens with one attached hydrogen (secondary N) is 1. The Morgan fingerprint density at radius 1 is 0.623 bits per heavy atom. The molecule has 0 aromatic carbocycles. The van der Waals surface area contributed by atoms with Gasteiger partial charge in [-0.05, 0) is 19.3 Å². The van der Waals surface area contributed by atoms with E-state index < -0.39 is 49.5 Å². The molecule has 9 nitrogen and oxygen atoms in total. The molecule has 1 amide bonds. The lowest BCUT2D eigenvalue weighted by Crippen LogP contribution is -2.60. The lowest BCUT2D eigenvalue weighted by atomic mass is 9.99. The van der Waals surface area contributed by atoms with Gasteiger partial charge in [0.05, 0.1) is 25.4 Å². The fraction of sp³-hybridized carbons (Fsp3) is 0.932. The van der Waals surface area contributed by atoms with E-state index in [-0.39, 0.29) is 12.5 Å². The van der Waals surface area contributed by atoms with Crippen molar-refractivity contribution in [2.24, 2.45) is 0 Å². The molecule has 1 aliphatic rings. The van der Waals surface area contributed by atoms with E-state index in [0.717, 1.165) is 38.5 Å². The largest absolute Gasteiger partial charge is 0.394 e. The first-order chi connectivity index (χ1) is 25.8. The van der Waals surface area contributed by atoms with Crippen molar-refractivity contribution < 1.29 is 39.8 Å². The van der Waals surface area contributed by atoms with Crippen molar-refractivity contribution in [3.05, 3.63) is 12.2 Å². The summed E-state index contributed by atoms with van der Waals surface area (Å²) in [6, 6.07) is -0.797. The number of amides is 1. The molecule has 2 unspecified atom stereocenters. The molecule has 6 N–H and O–H groups in total. The molecule has 0 aliphatic carbocycles. The van der Waals surface area contributed by atoms with Gasteiger partial charge in [0, 0.05) is 6.42 Å². The summed E-state index contributed by atoms with van der Waals surface area (Å²) < 4.78 is 11.2. The Morgan fingerprint density at radius 2 is 1.04 bits per heavy atom. The average Bonchev–Trinajstić information content (AvgIpc) is 3.16. The van der Waals surface area contributed by atoms with Crippen molar-refractivity contribution in [2.45, 2.75) is 249 Å². The van der Waals surface area contributed by atoms with E-state index >= 15 is 0 Å². The summed E-state index contributed by atoms with van der Waals surface area (Å²) in [5, 5.41) is 54.1. The molecule has 0 aromatic heterocycles. The van der Waals surface area contributed by atoms with E-state index in [1.807, 2.05) is 6.08 Å². The molecule has 0 aromatic rings. The molecule has 1 fully saturated rings. The Labute approximate surface area is 325 Å². The highest BCUT2D eigenvalue weighted by Gasteiger charge is 2.44. The molecule has 1 saturated heterocycles. The second-order valence-electron chi connectivity index (χ2n) is 15.9. The standard InChI is InChI=1S/C44H85NO8/c1-3-5-7-9-11-13-15-17-18-19-20-22-24-26-28-30-32-34-40(48)45-37(36-52-44-43(51)42(50)41(49)39(35-46)53-44)38(47)33-31-29-27-25-23-21-16-14-12-10-8-6-4-2/h31,33,37-39,41-44,46-47,49-51H,3-30,32,34-36H2,1-2H3,(H,45,48)/b33-31+/t37-,38+,39-,41-,42?,43?,44-/m0/s1. The van der Waals surface area contributed by atoms with E-state index in [0.29, 0.717) is 6.42 Å². The van der Waals surface area contributed by atoms with Crippen molar-refractivity contribution in [3.63, 3.8) is 0 Å². The number of unbranched alkanes of at least 4 members (excludes halogenated alkanes) is 27. The second-order valence-corrected chi connectivity index (χ2v) is 15.9. The van der Waals surface area contributed by atoms with Crippen LogP contribution in [0.1, 0.15) is 206 Å². The van der Waals surface area contributed by atoms with Gasteiger partial charge in [0.2, 0.25) is 5.91 Å². The zero-order chi connectivity index (χ0) is 38.8. The molecule has 1 aliphatic heterocycles. The number of rotatable bonds is 37. The maximum absolute atomic E-state index is 12.9. The van der Waals surface area contributed by atoms with E-state index in [4.69, 9.17) is 9.47 Å². The summed E-state index contributed by atoms with van der Waals surface area (Å²) in [7, 11) is 0. The van der Waals surface area contributed by atoms with Gasteiger partial charge in [-0.2, -0.15) is 0 Å². The van der Waals surface area contributed by atoms with Crippen LogP contribution in [0, 0.1) is 0 Å². The molecule has 7 atom stereocenters. The number of aliphatic hydroxyl groups excluding tert-OH is 5. The predicted molar refractivity (Wildman–Crippen MR) is 217 cm³/mol. The maximum Gasteiger partial charge on any atom is 0.220 e. The number of hydrogen-bond donors (Lipinski definition) is 6. The van der Waals surface area contributed by atoms with Gasteiger partial charge >= 0.3 is 0 Å². The number of hydrogen-bond acceptors (Lipinski definition) is 8. The molecule has 53 heavy (non-hydrogen) atoms. The third kappa shape index (κ3) is 26.4. The summed E-state index contributed by atoms with van der Waals surface area (Å²) in [5.41, 5.74) is 0. The fourth-order valence-corrected chi connectivity index (χ4v) is 7.21. The average molecular weight is 756 g/mol. The molecule has 0 saturated carbocycles. The van der Waals surface area contributed by atoms with E-state index in [1.165, 1.54) is 148 Å².